The molecule has 1 aliphatic heterocycles. The lowest BCUT2D eigenvalue weighted by Crippen LogP contribution is -2.33. The van der Waals surface area contributed by atoms with Gasteiger partial charge in [0, 0.05) is 37.0 Å². The zero-order chi connectivity index (χ0) is 16.4. The van der Waals surface area contributed by atoms with Crippen molar-refractivity contribution in [2.75, 3.05) is 20.2 Å². The molecule has 1 N–H and O–H groups in total. The zero-order valence-electron chi connectivity index (χ0n) is 13.3. The minimum atomic E-state index is -0.202. The van der Waals surface area contributed by atoms with Crippen LogP contribution in [0.4, 0.5) is 0 Å². The highest BCUT2D eigenvalue weighted by Crippen LogP contribution is 2.33. The molecule has 2 aromatic rings. The van der Waals surface area contributed by atoms with Gasteiger partial charge in [0.1, 0.15) is 11.3 Å². The van der Waals surface area contributed by atoms with Crippen LogP contribution in [0.25, 0.3) is 0 Å². The van der Waals surface area contributed by atoms with Crippen LogP contribution in [-0.4, -0.2) is 36.0 Å². The first-order chi connectivity index (χ1) is 11.1. The van der Waals surface area contributed by atoms with E-state index < -0.39 is 0 Å². The Labute approximate surface area is 134 Å². The van der Waals surface area contributed by atoms with Crippen molar-refractivity contribution in [2.24, 2.45) is 0 Å². The molecule has 0 bridgehead atoms. The van der Waals surface area contributed by atoms with Gasteiger partial charge in [-0.1, -0.05) is 18.2 Å². The van der Waals surface area contributed by atoms with E-state index in [0.717, 1.165) is 17.7 Å². The first-order valence-corrected chi connectivity index (χ1v) is 7.71. The second-order valence-corrected chi connectivity index (χ2v) is 5.86. The summed E-state index contributed by atoms with van der Waals surface area (Å²) in [6.45, 7) is 2.96. The van der Waals surface area contributed by atoms with Crippen molar-refractivity contribution in [3.63, 3.8) is 0 Å². The number of aromatic nitrogens is 1. The highest BCUT2D eigenvalue weighted by Gasteiger charge is 2.30. The van der Waals surface area contributed by atoms with E-state index >= 15 is 0 Å². The summed E-state index contributed by atoms with van der Waals surface area (Å²) >= 11 is 0. The van der Waals surface area contributed by atoms with Crippen LogP contribution in [0.2, 0.25) is 0 Å². The standard InChI is InChI=1S/C18H20N2O3/c1-12-9-19-10-15(17(12)21)18(22)20-8-7-13(11-20)14-5-3-4-6-16(14)23-2/h3-6,9-10,13H,7-8,11H2,1-2H3,(H,19,21). The molecular formula is C18H20N2O3. The number of pyridine rings is 1. The van der Waals surface area contributed by atoms with Crippen molar-refractivity contribution in [1.82, 2.24) is 9.88 Å². The number of amides is 1. The van der Waals surface area contributed by atoms with Crippen molar-refractivity contribution in [1.29, 1.82) is 0 Å². The highest BCUT2D eigenvalue weighted by atomic mass is 16.5. The molecule has 3 rings (SSSR count). The van der Waals surface area contributed by atoms with Crippen LogP contribution in [0.15, 0.2) is 41.5 Å². The van der Waals surface area contributed by atoms with Crippen LogP contribution in [0, 0.1) is 6.92 Å². The number of aryl methyl sites for hydroxylation is 1. The molecular weight excluding hydrogens is 292 g/mol. The number of likely N-dealkylation sites (tertiary alicyclic amines) is 1. The Balaban J connectivity index is 1.81. The number of H-pyrrole nitrogens is 1. The number of rotatable bonds is 3. The number of methoxy groups -OCH3 is 1. The first kappa shape index (κ1) is 15.3. The topological polar surface area (TPSA) is 62.4 Å². The fourth-order valence-electron chi connectivity index (χ4n) is 3.12. The Hall–Kier alpha value is -2.56. The third-order valence-corrected chi connectivity index (χ3v) is 4.41. The van der Waals surface area contributed by atoms with Gasteiger partial charge >= 0.3 is 0 Å². The molecule has 1 saturated heterocycles. The molecule has 0 radical (unpaired) electrons. The van der Waals surface area contributed by atoms with Gasteiger partial charge in [-0.2, -0.15) is 0 Å². The minimum Gasteiger partial charge on any atom is -0.496 e. The fourth-order valence-corrected chi connectivity index (χ4v) is 3.12. The Bertz CT molecular complexity index is 782. The molecule has 1 aromatic heterocycles. The summed E-state index contributed by atoms with van der Waals surface area (Å²) in [5.41, 5.74) is 1.68. The van der Waals surface area contributed by atoms with E-state index in [1.165, 1.54) is 6.20 Å². The molecule has 1 aliphatic rings. The lowest BCUT2D eigenvalue weighted by atomic mass is 9.97. The largest absolute Gasteiger partial charge is 0.496 e. The Morgan fingerprint density at radius 2 is 2.09 bits per heavy atom. The lowest BCUT2D eigenvalue weighted by Gasteiger charge is -2.17. The maximum Gasteiger partial charge on any atom is 0.259 e. The van der Waals surface area contributed by atoms with Gasteiger partial charge in [-0.25, -0.2) is 0 Å². The molecule has 5 nitrogen and oxygen atoms in total. The smallest absolute Gasteiger partial charge is 0.259 e. The van der Waals surface area contributed by atoms with Crippen LogP contribution >= 0.6 is 0 Å². The van der Waals surface area contributed by atoms with E-state index in [2.05, 4.69) is 4.98 Å². The average Bonchev–Trinajstić information content (AvgIpc) is 3.06. The third-order valence-electron chi connectivity index (χ3n) is 4.41. The van der Waals surface area contributed by atoms with Crippen LogP contribution in [-0.2, 0) is 0 Å². The molecule has 1 unspecified atom stereocenters. The van der Waals surface area contributed by atoms with Crippen molar-refractivity contribution in [3.05, 3.63) is 63.6 Å². The van der Waals surface area contributed by atoms with E-state index in [0.29, 0.717) is 18.7 Å². The summed E-state index contributed by atoms with van der Waals surface area (Å²) in [6, 6.07) is 7.89. The van der Waals surface area contributed by atoms with Gasteiger partial charge in [-0.15, -0.1) is 0 Å². The summed E-state index contributed by atoms with van der Waals surface area (Å²) in [5, 5.41) is 0. The van der Waals surface area contributed by atoms with Crippen molar-refractivity contribution < 1.29 is 9.53 Å². The maximum atomic E-state index is 12.6. The third kappa shape index (κ3) is 2.86. The van der Waals surface area contributed by atoms with Crippen LogP contribution in [0.3, 0.4) is 0 Å². The fraction of sp³-hybridized carbons (Fsp3) is 0.333. The summed E-state index contributed by atoms with van der Waals surface area (Å²) < 4.78 is 5.41. The molecule has 23 heavy (non-hydrogen) atoms. The average molecular weight is 312 g/mol. The normalized spacial score (nSPS) is 17.3. The van der Waals surface area contributed by atoms with Gasteiger partial charge in [-0.05, 0) is 25.0 Å². The van der Waals surface area contributed by atoms with E-state index in [9.17, 15) is 9.59 Å². The SMILES string of the molecule is COc1ccccc1C1CCN(C(=O)c2c[nH]cc(C)c2=O)C1. The molecule has 2 heterocycles. The number of hydrogen-bond donors (Lipinski definition) is 1. The van der Waals surface area contributed by atoms with Gasteiger partial charge in [0.2, 0.25) is 0 Å². The second kappa shape index (κ2) is 6.28. The van der Waals surface area contributed by atoms with Crippen LogP contribution in [0.1, 0.15) is 33.8 Å². The number of nitrogens with zero attached hydrogens (tertiary/aromatic N) is 1. The summed E-state index contributed by atoms with van der Waals surface area (Å²) in [7, 11) is 1.66. The van der Waals surface area contributed by atoms with E-state index in [4.69, 9.17) is 4.74 Å². The molecule has 0 saturated carbocycles. The number of carbonyl (C=O) groups is 1. The monoisotopic (exact) mass is 312 g/mol. The molecule has 5 heteroatoms. The molecule has 0 aliphatic carbocycles. The van der Waals surface area contributed by atoms with Crippen LogP contribution < -0.4 is 10.2 Å². The van der Waals surface area contributed by atoms with Gasteiger partial charge < -0.3 is 14.6 Å². The number of benzene rings is 1. The maximum absolute atomic E-state index is 12.6. The number of nitrogens with one attached hydrogen (secondary N) is 1. The van der Waals surface area contributed by atoms with Crippen molar-refractivity contribution >= 4 is 5.91 Å². The van der Waals surface area contributed by atoms with Gasteiger partial charge in [-0.3, -0.25) is 9.59 Å². The lowest BCUT2D eigenvalue weighted by molar-refractivity contribution is 0.0789. The van der Waals surface area contributed by atoms with Gasteiger partial charge in [0.25, 0.3) is 5.91 Å². The van der Waals surface area contributed by atoms with Crippen molar-refractivity contribution in [3.8, 4) is 5.75 Å². The molecule has 120 valence electrons. The van der Waals surface area contributed by atoms with Crippen molar-refractivity contribution in [2.45, 2.75) is 19.3 Å². The number of ether oxygens (including phenoxy) is 1. The number of para-hydroxylation sites is 1. The number of hydrogen-bond acceptors (Lipinski definition) is 3. The van der Waals surface area contributed by atoms with Gasteiger partial charge in [0.15, 0.2) is 5.43 Å². The van der Waals surface area contributed by atoms with E-state index in [-0.39, 0.29) is 22.8 Å². The minimum absolute atomic E-state index is 0.200. The molecule has 1 fully saturated rings. The predicted molar refractivity (Wildman–Crippen MR) is 88.1 cm³/mol. The predicted octanol–water partition coefficient (Wildman–Crippen LogP) is 2.32. The van der Waals surface area contributed by atoms with Gasteiger partial charge in [0.05, 0.1) is 7.11 Å². The van der Waals surface area contributed by atoms with E-state index in [1.807, 2.05) is 24.3 Å². The Morgan fingerprint density at radius 1 is 1.30 bits per heavy atom. The zero-order valence-corrected chi connectivity index (χ0v) is 13.3. The van der Waals surface area contributed by atoms with Crippen LogP contribution in [0.5, 0.6) is 5.75 Å². The number of aromatic amines is 1. The summed E-state index contributed by atoms with van der Waals surface area (Å²) in [4.78, 5) is 29.4. The molecule has 1 aromatic carbocycles. The second-order valence-electron chi connectivity index (χ2n) is 5.86. The molecule has 1 atom stereocenters. The summed E-state index contributed by atoms with van der Waals surface area (Å²) in [6.07, 6.45) is 3.98. The Morgan fingerprint density at radius 3 is 2.87 bits per heavy atom. The number of carbonyl (C=O) groups excluding carboxylic acids is 1. The molecule has 1 amide bonds. The Kier molecular flexibility index (Phi) is 4.19. The molecule has 0 spiro atoms. The first-order valence-electron chi connectivity index (χ1n) is 7.71. The summed E-state index contributed by atoms with van der Waals surface area (Å²) in [5.74, 6) is 0.881. The van der Waals surface area contributed by atoms with E-state index in [1.54, 1.807) is 25.1 Å². The highest BCUT2D eigenvalue weighted by molar-refractivity contribution is 5.94. The quantitative estimate of drug-likeness (QED) is 0.946.